The molecule has 0 spiro atoms. The first-order chi connectivity index (χ1) is 20.6. The summed E-state index contributed by atoms with van der Waals surface area (Å²) in [5, 5.41) is 11.0. The van der Waals surface area contributed by atoms with Crippen LogP contribution < -0.4 is 21.0 Å². The third-order valence-corrected chi connectivity index (χ3v) is 8.19. The van der Waals surface area contributed by atoms with Crippen LogP contribution in [0.3, 0.4) is 0 Å². The van der Waals surface area contributed by atoms with Gasteiger partial charge in [-0.1, -0.05) is 18.2 Å². The van der Waals surface area contributed by atoms with Gasteiger partial charge in [0.25, 0.3) is 5.92 Å². The molecule has 2 aromatic rings. The molecule has 14 nitrogen and oxygen atoms in total. The summed E-state index contributed by atoms with van der Waals surface area (Å²) in [6, 6.07) is 7.83. The molecule has 1 aromatic heterocycles. The van der Waals surface area contributed by atoms with Gasteiger partial charge in [-0.05, 0) is 65.4 Å². The number of nitrogens with zero attached hydrogens (tertiary/aromatic N) is 3. The number of ether oxygens (including phenoxy) is 2. The van der Waals surface area contributed by atoms with Gasteiger partial charge in [0.05, 0.1) is 18.8 Å². The van der Waals surface area contributed by atoms with Crippen molar-refractivity contribution in [3.8, 4) is 5.75 Å². The van der Waals surface area contributed by atoms with Crippen LogP contribution in [0.1, 0.15) is 46.3 Å². The molecule has 0 radical (unpaired) electrons. The van der Waals surface area contributed by atoms with E-state index in [9.17, 15) is 27.7 Å². The highest BCUT2D eigenvalue weighted by Crippen LogP contribution is 2.47. The first kappa shape index (κ1) is 35.1. The molecule has 2 fully saturated rings. The molecule has 0 aliphatic carbocycles. The number of alkyl halides is 2. The summed E-state index contributed by atoms with van der Waals surface area (Å²) >= 11 is 0. The zero-order chi connectivity index (χ0) is 32.7. The van der Waals surface area contributed by atoms with E-state index in [-0.39, 0.29) is 17.6 Å². The lowest BCUT2D eigenvalue weighted by Crippen LogP contribution is -2.36. The number of para-hydroxylation sites is 1. The number of carbonyl (C=O) groups is 2. The average molecular weight is 646 g/mol. The number of esters is 1. The second-order valence-corrected chi connectivity index (χ2v) is 12.3. The van der Waals surface area contributed by atoms with Gasteiger partial charge in [-0.25, -0.2) is 18.1 Å². The fourth-order valence-corrected chi connectivity index (χ4v) is 5.97. The van der Waals surface area contributed by atoms with Crippen LogP contribution in [0.2, 0.25) is 0 Å². The second kappa shape index (κ2) is 15.0. The van der Waals surface area contributed by atoms with E-state index in [1.165, 1.54) is 25.1 Å². The highest BCUT2D eigenvalue weighted by molar-refractivity contribution is 7.52. The van der Waals surface area contributed by atoms with Crippen LogP contribution in [0.5, 0.6) is 5.75 Å². The number of hydrogen-bond donors (Lipinski definition) is 3. The van der Waals surface area contributed by atoms with Crippen molar-refractivity contribution in [1.29, 1.82) is 0 Å². The molecule has 244 valence electrons. The normalized spacial score (nSPS) is 23.3. The summed E-state index contributed by atoms with van der Waals surface area (Å²) in [6.45, 7) is 5.03. The van der Waals surface area contributed by atoms with Gasteiger partial charge in [0.15, 0.2) is 0 Å². The molecule has 3 heterocycles. The second-order valence-electron chi connectivity index (χ2n) is 10.6. The van der Waals surface area contributed by atoms with E-state index in [1.54, 1.807) is 32.0 Å². The Labute approximate surface area is 253 Å². The number of aromatic nitrogens is 2. The Morgan fingerprint density at radius 1 is 1.25 bits per heavy atom. The number of likely N-dealkylation sites (N-methyl/N-ethyl adjacent to an activating group) is 1. The van der Waals surface area contributed by atoms with E-state index in [4.69, 9.17) is 29.4 Å². The van der Waals surface area contributed by atoms with Gasteiger partial charge in [0.2, 0.25) is 6.23 Å². The van der Waals surface area contributed by atoms with Crippen molar-refractivity contribution in [3.63, 3.8) is 0 Å². The largest absolute Gasteiger partial charge is 0.480 e. The van der Waals surface area contributed by atoms with Crippen molar-refractivity contribution in [3.05, 3.63) is 53.1 Å². The molecule has 0 saturated carbocycles. The summed E-state index contributed by atoms with van der Waals surface area (Å²) in [5.41, 5.74) is 4.40. The minimum Gasteiger partial charge on any atom is -0.480 e. The average Bonchev–Trinajstić information content (AvgIpc) is 3.50. The number of likely N-dealkylation sites (tertiary alicyclic amines) is 1. The molecule has 0 bridgehead atoms. The number of rotatable bonds is 11. The van der Waals surface area contributed by atoms with Crippen LogP contribution >= 0.6 is 7.75 Å². The SMILES string of the molecule is CC(C)OC(=O)C(C)NP(=O)(OCC1CC(F)(F)C(n2ccc(N)nc2=O)O1)Oc1ccccc1.CN1CCCC1C(=O)O. The molecule has 0 amide bonds. The number of carbonyl (C=O) groups excluding carboxylic acids is 1. The minimum atomic E-state index is -4.27. The Morgan fingerprint density at radius 2 is 1.93 bits per heavy atom. The van der Waals surface area contributed by atoms with Crippen LogP contribution in [0, 0.1) is 0 Å². The third-order valence-electron chi connectivity index (χ3n) is 6.55. The van der Waals surface area contributed by atoms with Crippen LogP contribution in [-0.2, 0) is 28.2 Å². The standard InChI is InChI=1S/C21H27F2N4O7P.C6H11NO2/c1-13(2)32-18(28)14(3)26-35(30,34-15-7-5-4-6-8-15)31-12-16-11-21(22,23)19(33-16)27-10-9-17(24)25-20(27)29;1-7-4-2-3-5(7)6(8)9/h4-10,13-14,16,19H,11-12H2,1-3H3,(H,26,30)(H2,24,25,29);5H,2-4H2,1H3,(H,8,9). The molecule has 4 N–H and O–H groups in total. The zero-order valence-electron chi connectivity index (χ0n) is 24.8. The minimum absolute atomic E-state index is 0.123. The molecular weight excluding hydrogens is 607 g/mol. The summed E-state index contributed by atoms with van der Waals surface area (Å²) in [4.78, 5) is 39.9. The maximum atomic E-state index is 14.7. The molecule has 5 unspecified atom stereocenters. The number of nitrogen functional groups attached to an aromatic ring is 1. The van der Waals surface area contributed by atoms with Gasteiger partial charge in [0.1, 0.15) is 23.7 Å². The lowest BCUT2D eigenvalue weighted by Gasteiger charge is -2.24. The number of anilines is 1. The summed E-state index contributed by atoms with van der Waals surface area (Å²) < 4.78 is 64.7. The molecule has 1 aromatic carbocycles. The number of hydrogen-bond acceptors (Lipinski definition) is 11. The highest BCUT2D eigenvalue weighted by atomic mass is 31.2. The van der Waals surface area contributed by atoms with E-state index >= 15 is 0 Å². The van der Waals surface area contributed by atoms with E-state index in [0.717, 1.165) is 25.6 Å². The van der Waals surface area contributed by atoms with Crippen molar-refractivity contribution in [2.45, 2.75) is 76.5 Å². The third kappa shape index (κ3) is 9.79. The number of nitrogens with one attached hydrogen (secondary N) is 1. The maximum absolute atomic E-state index is 14.7. The van der Waals surface area contributed by atoms with E-state index < -0.39 is 68.8 Å². The highest BCUT2D eigenvalue weighted by Gasteiger charge is 2.52. The van der Waals surface area contributed by atoms with E-state index in [0.29, 0.717) is 4.57 Å². The number of halogens is 2. The van der Waals surface area contributed by atoms with Crippen LogP contribution in [0.4, 0.5) is 14.6 Å². The van der Waals surface area contributed by atoms with Crippen LogP contribution in [-0.4, -0.2) is 81.9 Å². The molecule has 4 rings (SSSR count). The first-order valence-corrected chi connectivity index (χ1v) is 15.4. The quantitative estimate of drug-likeness (QED) is 0.240. The van der Waals surface area contributed by atoms with Crippen molar-refractivity contribution in [2.75, 3.05) is 25.9 Å². The van der Waals surface area contributed by atoms with Crippen LogP contribution in [0.25, 0.3) is 0 Å². The summed E-state index contributed by atoms with van der Waals surface area (Å²) in [7, 11) is -2.42. The fourth-order valence-electron chi connectivity index (χ4n) is 4.44. The Balaban J connectivity index is 0.000000502. The van der Waals surface area contributed by atoms with Crippen molar-refractivity contribution in [1.82, 2.24) is 19.5 Å². The molecule has 2 aliphatic heterocycles. The van der Waals surface area contributed by atoms with E-state index in [1.807, 2.05) is 11.9 Å². The Bertz CT molecular complexity index is 1380. The number of benzene rings is 1. The predicted octanol–water partition coefficient (Wildman–Crippen LogP) is 3.05. The lowest BCUT2D eigenvalue weighted by atomic mass is 10.2. The summed E-state index contributed by atoms with van der Waals surface area (Å²) in [6.07, 6.45) is -1.57. The molecule has 2 aliphatic rings. The maximum Gasteiger partial charge on any atom is 0.459 e. The lowest BCUT2D eigenvalue weighted by molar-refractivity contribution is -0.149. The molecule has 44 heavy (non-hydrogen) atoms. The first-order valence-electron chi connectivity index (χ1n) is 13.9. The van der Waals surface area contributed by atoms with E-state index in [2.05, 4.69) is 10.1 Å². The van der Waals surface area contributed by atoms with Gasteiger partial charge in [0, 0.05) is 12.6 Å². The van der Waals surface area contributed by atoms with Gasteiger partial charge in [-0.15, -0.1) is 0 Å². The molecule has 17 heteroatoms. The monoisotopic (exact) mass is 645 g/mol. The fraction of sp³-hybridized carbons (Fsp3) is 0.556. The van der Waals surface area contributed by atoms with Gasteiger partial charge < -0.3 is 24.8 Å². The predicted molar refractivity (Wildman–Crippen MR) is 154 cm³/mol. The van der Waals surface area contributed by atoms with Crippen molar-refractivity contribution < 1.29 is 46.6 Å². The smallest absolute Gasteiger partial charge is 0.459 e. The number of carboxylic acid groups (broad SMARTS) is 1. The molecule has 2 saturated heterocycles. The van der Waals surface area contributed by atoms with Crippen LogP contribution in [0.15, 0.2) is 47.4 Å². The van der Waals surface area contributed by atoms with Gasteiger partial charge in [-0.2, -0.15) is 10.1 Å². The van der Waals surface area contributed by atoms with Crippen molar-refractivity contribution in [2.24, 2.45) is 0 Å². The number of aliphatic carboxylic acids is 1. The Hall–Kier alpha value is -3.43. The Kier molecular flexibility index (Phi) is 12.0. The zero-order valence-corrected chi connectivity index (χ0v) is 25.7. The molecule has 5 atom stereocenters. The summed E-state index contributed by atoms with van der Waals surface area (Å²) in [5.74, 6) is -4.82. The molecular formula is C27H38F2N5O9P. The number of nitrogens with two attached hydrogens (primary N) is 1. The Morgan fingerprint density at radius 3 is 2.48 bits per heavy atom. The van der Waals surface area contributed by atoms with Gasteiger partial charge in [-0.3, -0.25) is 23.6 Å². The van der Waals surface area contributed by atoms with Gasteiger partial charge >= 0.3 is 25.4 Å². The topological polar surface area (TPSA) is 185 Å². The van der Waals surface area contributed by atoms with Crippen molar-refractivity contribution >= 4 is 25.5 Å². The number of carboxylic acids is 1.